The van der Waals surface area contributed by atoms with Crippen molar-refractivity contribution in [3.8, 4) is 11.5 Å². The molecule has 7 nitrogen and oxygen atoms in total. The van der Waals surface area contributed by atoms with Crippen LogP contribution < -0.4 is 14.8 Å². The van der Waals surface area contributed by atoms with Crippen molar-refractivity contribution in [3.05, 3.63) is 65.2 Å². The first-order valence-electron chi connectivity index (χ1n) is 8.73. The summed E-state index contributed by atoms with van der Waals surface area (Å²) in [5.41, 5.74) is -1.35. The van der Waals surface area contributed by atoms with Gasteiger partial charge in [0.25, 0.3) is 11.5 Å². The molecule has 0 unspecified atom stereocenters. The number of amides is 1. The summed E-state index contributed by atoms with van der Waals surface area (Å²) in [5, 5.41) is 2.65. The highest BCUT2D eigenvalue weighted by molar-refractivity contribution is 6.32. The summed E-state index contributed by atoms with van der Waals surface area (Å²) in [6.45, 7) is 1.73. The maximum atomic E-state index is 13.2. The molecule has 0 saturated heterocycles. The van der Waals surface area contributed by atoms with Crippen LogP contribution in [-0.4, -0.2) is 37.0 Å². The SMILES string of the molecule is CCOC(=O)C1=C(c2cccc(OC)c2)NC(=O)[C@@]12Oc1ccccc1C2=O. The molecule has 1 N–H and O–H groups in total. The number of ether oxygens (including phenoxy) is 3. The Morgan fingerprint density at radius 3 is 2.64 bits per heavy atom. The average Bonchev–Trinajstić information content (AvgIpc) is 3.17. The number of nitrogens with one attached hydrogen (secondary N) is 1. The van der Waals surface area contributed by atoms with E-state index in [-0.39, 0.29) is 29.2 Å². The minimum absolute atomic E-state index is 0.0825. The van der Waals surface area contributed by atoms with Gasteiger partial charge in [0, 0.05) is 5.56 Å². The smallest absolute Gasteiger partial charge is 0.341 e. The van der Waals surface area contributed by atoms with Crippen LogP contribution in [0.5, 0.6) is 11.5 Å². The van der Waals surface area contributed by atoms with Crippen LogP contribution in [-0.2, 0) is 14.3 Å². The average molecular weight is 379 g/mol. The normalized spacial score (nSPS) is 20.1. The van der Waals surface area contributed by atoms with Crippen molar-refractivity contribution in [1.29, 1.82) is 0 Å². The number of methoxy groups -OCH3 is 1. The monoisotopic (exact) mass is 379 g/mol. The molecule has 0 aromatic heterocycles. The second-order valence-corrected chi connectivity index (χ2v) is 6.27. The highest BCUT2D eigenvalue weighted by atomic mass is 16.5. The highest BCUT2D eigenvalue weighted by Gasteiger charge is 2.64. The van der Waals surface area contributed by atoms with Crippen molar-refractivity contribution in [2.24, 2.45) is 0 Å². The molecular weight excluding hydrogens is 362 g/mol. The lowest BCUT2D eigenvalue weighted by Gasteiger charge is -2.21. The van der Waals surface area contributed by atoms with Gasteiger partial charge in [-0.2, -0.15) is 0 Å². The number of ketones is 1. The summed E-state index contributed by atoms with van der Waals surface area (Å²) < 4.78 is 16.2. The van der Waals surface area contributed by atoms with Gasteiger partial charge >= 0.3 is 5.97 Å². The number of carbonyl (C=O) groups excluding carboxylic acids is 3. The zero-order valence-corrected chi connectivity index (χ0v) is 15.3. The lowest BCUT2D eigenvalue weighted by molar-refractivity contribution is -0.142. The molecule has 2 aromatic carbocycles. The number of fused-ring (bicyclic) bond motifs is 1. The summed E-state index contributed by atoms with van der Waals surface area (Å²) in [6, 6.07) is 13.3. The van der Waals surface area contributed by atoms with E-state index in [9.17, 15) is 14.4 Å². The molecule has 1 amide bonds. The van der Waals surface area contributed by atoms with E-state index < -0.39 is 23.3 Å². The Bertz CT molecular complexity index is 1040. The Morgan fingerprint density at radius 2 is 1.93 bits per heavy atom. The number of rotatable bonds is 4. The van der Waals surface area contributed by atoms with E-state index in [1.54, 1.807) is 55.5 Å². The van der Waals surface area contributed by atoms with Crippen LogP contribution in [0.1, 0.15) is 22.8 Å². The maximum absolute atomic E-state index is 13.2. The Morgan fingerprint density at radius 1 is 1.14 bits per heavy atom. The third-order valence-corrected chi connectivity index (χ3v) is 4.71. The molecule has 28 heavy (non-hydrogen) atoms. The summed E-state index contributed by atoms with van der Waals surface area (Å²) in [4.78, 5) is 39.0. The Labute approximate surface area is 160 Å². The van der Waals surface area contributed by atoms with Gasteiger partial charge < -0.3 is 19.5 Å². The van der Waals surface area contributed by atoms with Crippen LogP contribution in [0.4, 0.5) is 0 Å². The molecule has 2 aromatic rings. The van der Waals surface area contributed by atoms with Gasteiger partial charge in [0.05, 0.1) is 25.0 Å². The molecule has 2 aliphatic heterocycles. The van der Waals surface area contributed by atoms with E-state index in [4.69, 9.17) is 14.2 Å². The third-order valence-electron chi connectivity index (χ3n) is 4.71. The number of para-hydroxylation sites is 1. The lowest BCUT2D eigenvalue weighted by atomic mass is 9.87. The molecule has 2 aliphatic rings. The topological polar surface area (TPSA) is 90.9 Å². The first-order valence-corrected chi connectivity index (χ1v) is 8.73. The zero-order chi connectivity index (χ0) is 19.9. The molecule has 2 heterocycles. The van der Waals surface area contributed by atoms with Crippen molar-refractivity contribution < 1.29 is 28.6 Å². The van der Waals surface area contributed by atoms with Gasteiger partial charge in [-0.05, 0) is 31.2 Å². The fourth-order valence-electron chi connectivity index (χ4n) is 3.46. The number of benzene rings is 2. The molecule has 0 aliphatic carbocycles. The molecule has 1 spiro atoms. The van der Waals surface area contributed by atoms with E-state index >= 15 is 0 Å². The molecule has 0 radical (unpaired) electrons. The number of hydrogen-bond acceptors (Lipinski definition) is 6. The van der Waals surface area contributed by atoms with Crippen LogP contribution in [0.3, 0.4) is 0 Å². The van der Waals surface area contributed by atoms with Crippen LogP contribution in [0.15, 0.2) is 54.1 Å². The fraction of sp³-hybridized carbons (Fsp3) is 0.190. The second-order valence-electron chi connectivity index (χ2n) is 6.27. The molecule has 7 heteroatoms. The molecule has 1 atom stereocenters. The van der Waals surface area contributed by atoms with Gasteiger partial charge in [-0.25, -0.2) is 4.79 Å². The Balaban J connectivity index is 1.94. The van der Waals surface area contributed by atoms with E-state index in [1.807, 2.05) is 0 Å². The van der Waals surface area contributed by atoms with Crippen molar-refractivity contribution in [3.63, 3.8) is 0 Å². The largest absolute Gasteiger partial charge is 0.497 e. The van der Waals surface area contributed by atoms with E-state index in [0.29, 0.717) is 11.3 Å². The van der Waals surface area contributed by atoms with Gasteiger partial charge in [0.15, 0.2) is 0 Å². The summed E-state index contributed by atoms with van der Waals surface area (Å²) in [6.07, 6.45) is 0. The van der Waals surface area contributed by atoms with Crippen LogP contribution in [0.25, 0.3) is 5.70 Å². The Hall–Kier alpha value is -3.61. The summed E-state index contributed by atoms with van der Waals surface area (Å²) in [7, 11) is 1.51. The van der Waals surface area contributed by atoms with Crippen molar-refractivity contribution in [2.45, 2.75) is 12.5 Å². The lowest BCUT2D eigenvalue weighted by Crippen LogP contribution is -2.51. The van der Waals surface area contributed by atoms with Crippen molar-refractivity contribution in [2.75, 3.05) is 13.7 Å². The van der Waals surface area contributed by atoms with Gasteiger partial charge in [0.2, 0.25) is 5.78 Å². The minimum atomic E-state index is -2.10. The number of esters is 1. The zero-order valence-electron chi connectivity index (χ0n) is 15.3. The quantitative estimate of drug-likeness (QED) is 0.646. The minimum Gasteiger partial charge on any atom is -0.497 e. The van der Waals surface area contributed by atoms with Gasteiger partial charge in [-0.1, -0.05) is 24.3 Å². The van der Waals surface area contributed by atoms with Gasteiger partial charge in [-0.3, -0.25) is 9.59 Å². The molecule has 142 valence electrons. The number of Topliss-reactive ketones (excluding diaryl/α,β-unsaturated/α-hetero) is 1. The highest BCUT2D eigenvalue weighted by Crippen LogP contribution is 2.45. The first-order chi connectivity index (χ1) is 13.5. The van der Waals surface area contributed by atoms with Crippen molar-refractivity contribution in [1.82, 2.24) is 5.32 Å². The van der Waals surface area contributed by atoms with Crippen LogP contribution in [0, 0.1) is 0 Å². The van der Waals surface area contributed by atoms with Gasteiger partial charge in [0.1, 0.15) is 17.1 Å². The molecule has 0 saturated carbocycles. The van der Waals surface area contributed by atoms with Crippen molar-refractivity contribution >= 4 is 23.4 Å². The number of hydrogen-bond donors (Lipinski definition) is 1. The molecule has 0 bridgehead atoms. The fourth-order valence-corrected chi connectivity index (χ4v) is 3.46. The Kier molecular flexibility index (Phi) is 4.15. The van der Waals surface area contributed by atoms with Crippen LogP contribution in [0.2, 0.25) is 0 Å². The van der Waals surface area contributed by atoms with E-state index in [0.717, 1.165) is 0 Å². The van der Waals surface area contributed by atoms with E-state index in [2.05, 4.69) is 5.32 Å². The standard InChI is InChI=1S/C21H17NO6/c1-3-27-19(24)16-17(12-7-6-8-13(11-12)26-2)22-20(25)21(16)18(23)14-9-4-5-10-15(14)28-21/h4-11H,3H2,1-2H3,(H,22,25)/t21-/m1/s1. The predicted molar refractivity (Wildman–Crippen MR) is 98.8 cm³/mol. The van der Waals surface area contributed by atoms with Crippen LogP contribution >= 0.6 is 0 Å². The first kappa shape index (κ1) is 17.8. The predicted octanol–water partition coefficient (Wildman–Crippen LogP) is 2.11. The third kappa shape index (κ3) is 2.40. The van der Waals surface area contributed by atoms with E-state index in [1.165, 1.54) is 7.11 Å². The molecule has 0 fully saturated rings. The summed E-state index contributed by atoms with van der Waals surface area (Å²) in [5.74, 6) is -1.34. The molecular formula is C21H17NO6. The second kappa shape index (κ2) is 6.53. The summed E-state index contributed by atoms with van der Waals surface area (Å²) >= 11 is 0. The number of carbonyl (C=O) groups is 3. The van der Waals surface area contributed by atoms with Gasteiger partial charge in [-0.15, -0.1) is 0 Å². The molecule has 4 rings (SSSR count). The maximum Gasteiger partial charge on any atom is 0.341 e.